The molecule has 0 unspecified atom stereocenters. The van der Waals surface area contributed by atoms with Gasteiger partial charge in [0.15, 0.2) is 0 Å². The van der Waals surface area contributed by atoms with Crippen LogP contribution >= 0.6 is 15.9 Å². The molecule has 162 valence electrons. The number of aliphatic imine (C=N–C) groups is 1. The lowest BCUT2D eigenvalue weighted by Crippen LogP contribution is -2.36. The predicted molar refractivity (Wildman–Crippen MR) is 130 cm³/mol. The van der Waals surface area contributed by atoms with Gasteiger partial charge in [0.05, 0.1) is 17.8 Å². The molecule has 0 atom stereocenters. The highest BCUT2D eigenvalue weighted by atomic mass is 79.9. The molecule has 2 N–H and O–H groups in total. The Bertz CT molecular complexity index is 1130. The summed E-state index contributed by atoms with van der Waals surface area (Å²) in [5.74, 6) is 0.166. The average Bonchev–Trinajstić information content (AvgIpc) is 3.02. The van der Waals surface area contributed by atoms with Gasteiger partial charge >= 0.3 is 0 Å². The summed E-state index contributed by atoms with van der Waals surface area (Å²) in [4.78, 5) is 17.7. The third kappa shape index (κ3) is 5.22. The van der Waals surface area contributed by atoms with E-state index in [1.165, 1.54) is 0 Å². The number of aromatic nitrogens is 2. The Morgan fingerprint density at radius 2 is 1.84 bits per heavy atom. The van der Waals surface area contributed by atoms with Gasteiger partial charge in [-0.2, -0.15) is 5.10 Å². The summed E-state index contributed by atoms with van der Waals surface area (Å²) < 4.78 is 2.70. The Balaban J connectivity index is 1.93. The first-order valence-electron chi connectivity index (χ1n) is 10.3. The molecule has 1 heterocycles. The van der Waals surface area contributed by atoms with E-state index in [-0.39, 0.29) is 5.91 Å². The maximum absolute atomic E-state index is 12.9. The van der Waals surface area contributed by atoms with E-state index in [9.17, 15) is 4.79 Å². The molecule has 3 rings (SSSR count). The molecule has 2 aromatic carbocycles. The molecule has 0 aliphatic carbocycles. The van der Waals surface area contributed by atoms with Crippen molar-refractivity contribution in [3.63, 3.8) is 0 Å². The van der Waals surface area contributed by atoms with Crippen molar-refractivity contribution < 1.29 is 4.79 Å². The maximum Gasteiger partial charge on any atom is 0.259 e. The molecule has 0 radical (unpaired) electrons. The minimum Gasteiger partial charge on any atom is -0.326 e. The molecule has 0 saturated heterocycles. The fourth-order valence-corrected chi connectivity index (χ4v) is 3.84. The number of hydrogen-bond acceptors (Lipinski definition) is 3. The third-order valence-corrected chi connectivity index (χ3v) is 6.13. The number of nitrogens with one attached hydrogen (secondary N) is 2. The van der Waals surface area contributed by atoms with Crippen LogP contribution in [0.15, 0.2) is 51.9 Å². The second-order valence-corrected chi connectivity index (χ2v) is 8.29. The number of hydrogen-bond donors (Lipinski definition) is 2. The highest BCUT2D eigenvalue weighted by molar-refractivity contribution is 9.10. The van der Waals surface area contributed by atoms with E-state index in [2.05, 4.69) is 51.6 Å². The van der Waals surface area contributed by atoms with Crippen molar-refractivity contribution >= 4 is 33.5 Å². The molecule has 1 aromatic heterocycles. The number of anilines is 1. The molecule has 0 saturated carbocycles. The number of carbonyl (C=O) groups excluding carboxylic acids is 1. The molecule has 0 fully saturated rings. The lowest BCUT2D eigenvalue weighted by molar-refractivity contribution is 0.0976. The van der Waals surface area contributed by atoms with Crippen LogP contribution in [0.2, 0.25) is 0 Å². The highest BCUT2D eigenvalue weighted by Crippen LogP contribution is 2.19. The van der Waals surface area contributed by atoms with E-state index in [4.69, 9.17) is 4.99 Å². The van der Waals surface area contributed by atoms with Gasteiger partial charge in [-0.05, 0) is 79.9 Å². The van der Waals surface area contributed by atoms with Crippen LogP contribution in [0.25, 0.3) is 0 Å². The number of nitrogens with zero attached hydrogens (tertiary/aromatic N) is 3. The van der Waals surface area contributed by atoms with Crippen molar-refractivity contribution in [2.45, 2.75) is 47.7 Å². The zero-order chi connectivity index (χ0) is 22.5. The SMILES string of the molecule is CCn1nc(C)c(CN=C(NC(=O)c2ccccc2Br)Nc2cccc(C)c2C)c1C. The zero-order valence-corrected chi connectivity index (χ0v) is 20.2. The monoisotopic (exact) mass is 481 g/mol. The van der Waals surface area contributed by atoms with Gasteiger partial charge in [-0.1, -0.05) is 24.3 Å². The van der Waals surface area contributed by atoms with Crippen LogP contribution in [0.4, 0.5) is 5.69 Å². The van der Waals surface area contributed by atoms with Crippen molar-refractivity contribution in [3.05, 3.63) is 80.6 Å². The number of rotatable bonds is 5. The fraction of sp³-hybridized carbons (Fsp3) is 0.292. The molecule has 0 spiro atoms. The minimum absolute atomic E-state index is 0.235. The Labute approximate surface area is 191 Å². The van der Waals surface area contributed by atoms with Gasteiger partial charge in [0.25, 0.3) is 5.91 Å². The first-order valence-corrected chi connectivity index (χ1v) is 11.1. The smallest absolute Gasteiger partial charge is 0.259 e. The summed E-state index contributed by atoms with van der Waals surface area (Å²) in [6, 6.07) is 13.3. The largest absolute Gasteiger partial charge is 0.326 e. The molecule has 0 bridgehead atoms. The topological polar surface area (TPSA) is 71.3 Å². The van der Waals surface area contributed by atoms with Gasteiger partial charge in [-0.15, -0.1) is 0 Å². The lowest BCUT2D eigenvalue weighted by Gasteiger charge is -2.15. The summed E-state index contributed by atoms with van der Waals surface area (Å²) in [5.41, 5.74) is 6.83. The number of carbonyl (C=O) groups is 1. The number of aryl methyl sites for hydroxylation is 3. The van der Waals surface area contributed by atoms with E-state index in [0.29, 0.717) is 18.1 Å². The highest BCUT2D eigenvalue weighted by Gasteiger charge is 2.15. The minimum atomic E-state index is -0.235. The van der Waals surface area contributed by atoms with Crippen molar-refractivity contribution in [1.29, 1.82) is 0 Å². The third-order valence-electron chi connectivity index (χ3n) is 5.43. The van der Waals surface area contributed by atoms with Crippen LogP contribution in [-0.2, 0) is 13.1 Å². The Kier molecular flexibility index (Phi) is 7.28. The van der Waals surface area contributed by atoms with Gasteiger partial charge in [0.2, 0.25) is 5.96 Å². The van der Waals surface area contributed by atoms with Gasteiger partial charge in [0, 0.05) is 28.0 Å². The summed E-state index contributed by atoms with van der Waals surface area (Å²) >= 11 is 3.45. The van der Waals surface area contributed by atoms with Gasteiger partial charge in [0.1, 0.15) is 0 Å². The van der Waals surface area contributed by atoms with Crippen LogP contribution in [0, 0.1) is 27.7 Å². The quantitative estimate of drug-likeness (QED) is 0.383. The van der Waals surface area contributed by atoms with Crippen molar-refractivity contribution in [2.75, 3.05) is 5.32 Å². The average molecular weight is 482 g/mol. The van der Waals surface area contributed by atoms with E-state index in [1.54, 1.807) is 6.07 Å². The summed E-state index contributed by atoms with van der Waals surface area (Å²) in [6.45, 7) is 11.4. The molecular formula is C24H28BrN5O. The second-order valence-electron chi connectivity index (χ2n) is 7.44. The number of guanidine groups is 1. The van der Waals surface area contributed by atoms with E-state index >= 15 is 0 Å². The van der Waals surface area contributed by atoms with E-state index in [1.807, 2.05) is 55.8 Å². The van der Waals surface area contributed by atoms with Crippen molar-refractivity contribution in [1.82, 2.24) is 15.1 Å². The normalized spacial score (nSPS) is 11.5. The number of benzene rings is 2. The molecule has 0 aliphatic heterocycles. The molecule has 31 heavy (non-hydrogen) atoms. The first kappa shape index (κ1) is 22.7. The van der Waals surface area contributed by atoms with Crippen molar-refractivity contribution in [2.24, 2.45) is 4.99 Å². The molecule has 3 aromatic rings. The Morgan fingerprint density at radius 1 is 1.10 bits per heavy atom. The molecular weight excluding hydrogens is 454 g/mol. The fourth-order valence-electron chi connectivity index (χ4n) is 3.37. The summed E-state index contributed by atoms with van der Waals surface area (Å²) in [5, 5.41) is 10.8. The molecule has 0 aliphatic rings. The molecule has 6 nitrogen and oxygen atoms in total. The summed E-state index contributed by atoms with van der Waals surface area (Å²) in [7, 11) is 0. The van der Waals surface area contributed by atoms with Crippen LogP contribution in [-0.4, -0.2) is 21.6 Å². The standard InChI is InChI=1S/C24H28BrN5O/c1-6-30-18(5)20(17(4)29-30)14-26-24(27-22-13-9-10-15(2)16(22)3)28-23(31)19-11-7-8-12-21(19)25/h7-13H,6,14H2,1-5H3,(H2,26,27,28,31). The van der Waals surface area contributed by atoms with Gasteiger partial charge in [-0.25, -0.2) is 4.99 Å². The Morgan fingerprint density at radius 3 is 2.52 bits per heavy atom. The molecule has 1 amide bonds. The van der Waals surface area contributed by atoms with Gasteiger partial charge < -0.3 is 5.32 Å². The van der Waals surface area contributed by atoms with Crippen molar-refractivity contribution in [3.8, 4) is 0 Å². The van der Waals surface area contributed by atoms with Crippen LogP contribution in [0.3, 0.4) is 0 Å². The first-order chi connectivity index (χ1) is 14.8. The number of amides is 1. The van der Waals surface area contributed by atoms with Gasteiger partial charge in [-0.3, -0.25) is 14.8 Å². The summed E-state index contributed by atoms with van der Waals surface area (Å²) in [6.07, 6.45) is 0. The zero-order valence-electron chi connectivity index (χ0n) is 18.6. The van der Waals surface area contributed by atoms with E-state index in [0.717, 1.165) is 44.8 Å². The van der Waals surface area contributed by atoms with Crippen LogP contribution < -0.4 is 10.6 Å². The lowest BCUT2D eigenvalue weighted by atomic mass is 10.1. The Hall–Kier alpha value is -2.93. The molecule has 7 heteroatoms. The van der Waals surface area contributed by atoms with Crippen LogP contribution in [0.5, 0.6) is 0 Å². The second kappa shape index (κ2) is 9.92. The predicted octanol–water partition coefficient (Wildman–Crippen LogP) is 5.30. The van der Waals surface area contributed by atoms with E-state index < -0.39 is 0 Å². The number of halogens is 1. The van der Waals surface area contributed by atoms with Crippen LogP contribution in [0.1, 0.15) is 45.4 Å². The maximum atomic E-state index is 12.9.